The fourth-order valence-corrected chi connectivity index (χ4v) is 2.79. The zero-order chi connectivity index (χ0) is 18.6. The summed E-state index contributed by atoms with van der Waals surface area (Å²) in [7, 11) is 0. The largest absolute Gasteiger partial charge is 0.460 e. The lowest BCUT2D eigenvalue weighted by molar-refractivity contribution is -0.153. The molecule has 0 radical (unpaired) electrons. The summed E-state index contributed by atoms with van der Waals surface area (Å²) in [6.45, 7) is 5.55. The molecule has 2 rings (SSSR count). The summed E-state index contributed by atoms with van der Waals surface area (Å²) in [5.74, 6) is 1.01. The number of hydrogen-bond acceptors (Lipinski definition) is 7. The Hall–Kier alpha value is -2.41. The number of anilines is 2. The number of rotatable bonds is 5. The molecule has 0 bridgehead atoms. The third kappa shape index (κ3) is 5.29. The minimum atomic E-state index is -0.502. The summed E-state index contributed by atoms with van der Waals surface area (Å²) < 4.78 is 11.2. The van der Waals surface area contributed by atoms with Crippen LogP contribution in [-0.2, 0) is 16.0 Å². The lowest BCUT2D eigenvalue weighted by Crippen LogP contribution is -2.25. The molecule has 0 aliphatic rings. The highest BCUT2D eigenvalue weighted by Gasteiger charge is 2.18. The van der Waals surface area contributed by atoms with Crippen molar-refractivity contribution in [2.45, 2.75) is 37.7 Å². The SMILES string of the molecule is CSc1cc(Oc2ccnc(N)c2N)ccc1CC(=O)OC(C)(C)C. The van der Waals surface area contributed by atoms with Gasteiger partial charge in [-0.05, 0) is 44.7 Å². The number of nitrogens with two attached hydrogens (primary N) is 2. The van der Waals surface area contributed by atoms with Crippen LogP contribution in [-0.4, -0.2) is 22.8 Å². The van der Waals surface area contributed by atoms with Gasteiger partial charge in [0.2, 0.25) is 0 Å². The van der Waals surface area contributed by atoms with Crippen molar-refractivity contribution in [3.05, 3.63) is 36.0 Å². The van der Waals surface area contributed by atoms with E-state index in [1.54, 1.807) is 12.1 Å². The quantitative estimate of drug-likeness (QED) is 0.619. The van der Waals surface area contributed by atoms with Gasteiger partial charge in [-0.3, -0.25) is 4.79 Å². The molecule has 1 aromatic heterocycles. The van der Waals surface area contributed by atoms with Gasteiger partial charge in [0.25, 0.3) is 0 Å². The van der Waals surface area contributed by atoms with Gasteiger partial charge in [-0.15, -0.1) is 11.8 Å². The number of ether oxygens (including phenoxy) is 2. The molecule has 0 spiro atoms. The molecule has 1 heterocycles. The van der Waals surface area contributed by atoms with Gasteiger partial charge < -0.3 is 20.9 Å². The first-order valence-corrected chi connectivity index (χ1v) is 8.98. The molecule has 0 saturated heterocycles. The Morgan fingerprint density at radius 2 is 1.96 bits per heavy atom. The number of thioether (sulfide) groups is 1. The van der Waals surface area contributed by atoms with E-state index in [-0.39, 0.29) is 18.2 Å². The zero-order valence-electron chi connectivity index (χ0n) is 14.8. The Morgan fingerprint density at radius 1 is 1.24 bits per heavy atom. The summed E-state index contributed by atoms with van der Waals surface area (Å²) in [6.07, 6.45) is 3.68. The standard InChI is InChI=1S/C18H23N3O3S/c1-18(2,3)24-15(22)9-11-5-6-12(10-14(11)25-4)23-13-7-8-21-17(20)16(13)19/h5-8,10H,9,19H2,1-4H3,(H2,20,21). The molecule has 6 nitrogen and oxygen atoms in total. The molecule has 2 aromatic rings. The van der Waals surface area contributed by atoms with E-state index in [2.05, 4.69) is 4.98 Å². The normalized spacial score (nSPS) is 11.2. The van der Waals surface area contributed by atoms with Gasteiger partial charge in [0.15, 0.2) is 5.75 Å². The van der Waals surface area contributed by atoms with Crippen LogP contribution in [0.1, 0.15) is 26.3 Å². The molecule has 0 amide bonds. The second-order valence-electron chi connectivity index (χ2n) is 6.45. The molecule has 0 atom stereocenters. The maximum Gasteiger partial charge on any atom is 0.310 e. The van der Waals surface area contributed by atoms with Crippen LogP contribution in [0.2, 0.25) is 0 Å². The number of nitrogen functional groups attached to an aromatic ring is 2. The van der Waals surface area contributed by atoms with E-state index in [1.165, 1.54) is 18.0 Å². The third-order valence-corrected chi connectivity index (χ3v) is 4.04. The molecular weight excluding hydrogens is 338 g/mol. The topological polar surface area (TPSA) is 100 Å². The second kappa shape index (κ2) is 7.65. The summed E-state index contributed by atoms with van der Waals surface area (Å²) in [5, 5.41) is 0. The Morgan fingerprint density at radius 3 is 2.60 bits per heavy atom. The third-order valence-electron chi connectivity index (χ3n) is 3.22. The maximum atomic E-state index is 12.1. The van der Waals surface area contributed by atoms with Crippen LogP contribution < -0.4 is 16.2 Å². The molecule has 0 fully saturated rings. The van der Waals surface area contributed by atoms with Gasteiger partial charge in [-0.1, -0.05) is 6.07 Å². The number of carbonyl (C=O) groups is 1. The Labute approximate surface area is 151 Å². The number of pyridine rings is 1. The predicted octanol–water partition coefficient (Wildman–Crippen LogP) is 3.64. The van der Waals surface area contributed by atoms with Gasteiger partial charge in [0.1, 0.15) is 22.9 Å². The van der Waals surface area contributed by atoms with E-state index in [1.807, 2.05) is 39.2 Å². The highest BCUT2D eigenvalue weighted by molar-refractivity contribution is 7.98. The van der Waals surface area contributed by atoms with E-state index >= 15 is 0 Å². The van der Waals surface area contributed by atoms with Crippen molar-refractivity contribution < 1.29 is 14.3 Å². The fourth-order valence-electron chi connectivity index (χ4n) is 2.15. The van der Waals surface area contributed by atoms with Crippen LogP contribution in [0.5, 0.6) is 11.5 Å². The molecule has 134 valence electrons. The highest BCUT2D eigenvalue weighted by atomic mass is 32.2. The Kier molecular flexibility index (Phi) is 5.79. The van der Waals surface area contributed by atoms with Gasteiger partial charge in [0, 0.05) is 17.2 Å². The number of aromatic nitrogens is 1. The minimum absolute atomic E-state index is 0.206. The summed E-state index contributed by atoms with van der Waals surface area (Å²) in [6, 6.07) is 7.15. The van der Waals surface area contributed by atoms with Crippen molar-refractivity contribution in [1.29, 1.82) is 0 Å². The van der Waals surface area contributed by atoms with E-state index in [9.17, 15) is 4.79 Å². The van der Waals surface area contributed by atoms with Gasteiger partial charge >= 0.3 is 5.97 Å². The van der Waals surface area contributed by atoms with Crippen LogP contribution in [0.3, 0.4) is 0 Å². The van der Waals surface area contributed by atoms with Crippen molar-refractivity contribution >= 4 is 29.2 Å². The molecule has 0 aliphatic carbocycles. The van der Waals surface area contributed by atoms with Gasteiger partial charge in [-0.25, -0.2) is 4.98 Å². The molecular formula is C18H23N3O3S. The molecule has 0 saturated carbocycles. The summed E-state index contributed by atoms with van der Waals surface area (Å²) in [4.78, 5) is 16.9. The second-order valence-corrected chi connectivity index (χ2v) is 7.30. The molecule has 25 heavy (non-hydrogen) atoms. The first-order chi connectivity index (χ1) is 11.7. The van der Waals surface area contributed by atoms with E-state index in [4.69, 9.17) is 20.9 Å². The smallest absolute Gasteiger partial charge is 0.310 e. The van der Waals surface area contributed by atoms with E-state index in [0.29, 0.717) is 17.2 Å². The van der Waals surface area contributed by atoms with E-state index < -0.39 is 5.60 Å². The van der Waals surface area contributed by atoms with Crippen LogP contribution in [0.15, 0.2) is 35.4 Å². The highest BCUT2D eigenvalue weighted by Crippen LogP contribution is 2.33. The van der Waals surface area contributed by atoms with E-state index in [0.717, 1.165) is 10.5 Å². The monoisotopic (exact) mass is 361 g/mol. The number of nitrogens with zero attached hydrogens (tertiary/aromatic N) is 1. The van der Waals surface area contributed by atoms with Crippen LogP contribution in [0.4, 0.5) is 11.5 Å². The number of carbonyl (C=O) groups excluding carboxylic acids is 1. The number of benzene rings is 1. The predicted molar refractivity (Wildman–Crippen MR) is 101 cm³/mol. The first-order valence-electron chi connectivity index (χ1n) is 7.76. The van der Waals surface area contributed by atoms with Crippen LogP contribution >= 0.6 is 11.8 Å². The number of hydrogen-bond donors (Lipinski definition) is 2. The van der Waals surface area contributed by atoms with Crippen molar-refractivity contribution in [2.75, 3.05) is 17.7 Å². The maximum absolute atomic E-state index is 12.1. The van der Waals surface area contributed by atoms with Gasteiger partial charge in [-0.2, -0.15) is 0 Å². The molecule has 4 N–H and O–H groups in total. The lowest BCUT2D eigenvalue weighted by atomic mass is 10.1. The molecule has 7 heteroatoms. The minimum Gasteiger partial charge on any atom is -0.460 e. The molecule has 1 aromatic carbocycles. The first kappa shape index (κ1) is 18.9. The van der Waals surface area contributed by atoms with Crippen molar-refractivity contribution in [2.24, 2.45) is 0 Å². The lowest BCUT2D eigenvalue weighted by Gasteiger charge is -2.20. The van der Waals surface area contributed by atoms with Crippen molar-refractivity contribution in [3.8, 4) is 11.5 Å². The van der Waals surface area contributed by atoms with Crippen LogP contribution in [0.25, 0.3) is 0 Å². The number of esters is 1. The molecule has 0 aliphatic heterocycles. The molecule has 0 unspecified atom stereocenters. The van der Waals surface area contributed by atoms with Crippen molar-refractivity contribution in [3.63, 3.8) is 0 Å². The Bertz CT molecular complexity index is 773. The summed E-state index contributed by atoms with van der Waals surface area (Å²) >= 11 is 1.53. The van der Waals surface area contributed by atoms with Crippen molar-refractivity contribution in [1.82, 2.24) is 4.98 Å². The zero-order valence-corrected chi connectivity index (χ0v) is 15.6. The average molecular weight is 361 g/mol. The average Bonchev–Trinajstić information content (AvgIpc) is 2.51. The summed E-state index contributed by atoms with van der Waals surface area (Å²) in [5.41, 5.74) is 12.2. The van der Waals surface area contributed by atoms with Gasteiger partial charge in [0.05, 0.1) is 6.42 Å². The van der Waals surface area contributed by atoms with Crippen LogP contribution in [0, 0.1) is 0 Å². The fraction of sp³-hybridized carbons (Fsp3) is 0.333. The Balaban J connectivity index is 2.19.